The summed E-state index contributed by atoms with van der Waals surface area (Å²) in [4.78, 5) is 15.7. The number of amides is 1. The fourth-order valence-electron chi connectivity index (χ4n) is 0.471. The molecule has 4 nitrogen and oxygen atoms in total. The molecule has 11 heavy (non-hydrogen) atoms. The third-order valence-electron chi connectivity index (χ3n) is 0.934. The molecule has 0 aromatic carbocycles. The van der Waals surface area contributed by atoms with Gasteiger partial charge in [0.2, 0.25) is 0 Å². The molecule has 0 atom stereocenters. The maximum atomic E-state index is 10.9. The number of hydrogen-bond donors (Lipinski definition) is 0. The van der Waals surface area contributed by atoms with Crippen molar-refractivity contribution in [3.05, 3.63) is 12.2 Å². The van der Waals surface area contributed by atoms with Crippen LogP contribution in [0.3, 0.4) is 0 Å². The molecule has 0 aromatic heterocycles. The lowest BCUT2D eigenvalue weighted by molar-refractivity contribution is -0.170. The second-order valence-electron chi connectivity index (χ2n) is 1.72. The van der Waals surface area contributed by atoms with Crippen LogP contribution in [0.4, 0.5) is 0 Å². The van der Waals surface area contributed by atoms with Crippen molar-refractivity contribution < 1.29 is 9.63 Å². The molecule has 0 spiro atoms. The van der Waals surface area contributed by atoms with Crippen molar-refractivity contribution in [3.8, 4) is 6.07 Å². The Kier molecular flexibility index (Phi) is 4.78. The van der Waals surface area contributed by atoms with Gasteiger partial charge in [0.1, 0.15) is 0 Å². The average Bonchev–Trinajstić information content (AvgIpc) is 2.00. The van der Waals surface area contributed by atoms with E-state index in [-0.39, 0.29) is 5.91 Å². The maximum Gasteiger partial charge on any atom is 0.270 e. The van der Waals surface area contributed by atoms with E-state index in [0.29, 0.717) is 6.61 Å². The summed E-state index contributed by atoms with van der Waals surface area (Å²) in [6.45, 7) is 2.21. The van der Waals surface area contributed by atoms with Crippen LogP contribution in [0.5, 0.6) is 0 Å². The van der Waals surface area contributed by atoms with Crippen LogP contribution in [0.2, 0.25) is 0 Å². The Labute approximate surface area is 65.6 Å². The Balaban J connectivity index is 3.85. The van der Waals surface area contributed by atoms with Crippen LogP contribution in [0.25, 0.3) is 0 Å². The van der Waals surface area contributed by atoms with E-state index in [2.05, 4.69) is 0 Å². The molecule has 0 N–H and O–H groups in total. The van der Waals surface area contributed by atoms with Gasteiger partial charge in [-0.05, 0) is 6.92 Å². The third-order valence-corrected chi connectivity index (χ3v) is 0.934. The van der Waals surface area contributed by atoms with Crippen LogP contribution < -0.4 is 0 Å². The van der Waals surface area contributed by atoms with Crippen molar-refractivity contribution in [1.82, 2.24) is 5.06 Å². The standard InChI is InChI=1S/C7H10N2O2/c1-3-11-9(2)7(10)5-4-6-8/h4-5H,3H2,1-2H3/b5-4+. The first kappa shape index (κ1) is 9.66. The number of nitriles is 1. The summed E-state index contributed by atoms with van der Waals surface area (Å²) in [6.07, 6.45) is 2.26. The summed E-state index contributed by atoms with van der Waals surface area (Å²) in [5.41, 5.74) is 0. The van der Waals surface area contributed by atoms with E-state index < -0.39 is 0 Å². The van der Waals surface area contributed by atoms with Crippen molar-refractivity contribution in [3.63, 3.8) is 0 Å². The van der Waals surface area contributed by atoms with Crippen molar-refractivity contribution in [2.45, 2.75) is 6.92 Å². The predicted molar refractivity (Wildman–Crippen MR) is 39.1 cm³/mol. The van der Waals surface area contributed by atoms with Crippen LogP contribution in [0, 0.1) is 11.3 Å². The zero-order chi connectivity index (χ0) is 8.69. The molecule has 0 fully saturated rings. The van der Waals surface area contributed by atoms with Crippen LogP contribution in [-0.4, -0.2) is 24.6 Å². The van der Waals surface area contributed by atoms with E-state index in [1.54, 1.807) is 13.0 Å². The van der Waals surface area contributed by atoms with E-state index in [4.69, 9.17) is 10.1 Å². The van der Waals surface area contributed by atoms with Crippen molar-refractivity contribution in [1.29, 1.82) is 5.26 Å². The lowest BCUT2D eigenvalue weighted by atomic mass is 10.5. The fraction of sp³-hybridized carbons (Fsp3) is 0.429. The third kappa shape index (κ3) is 4.12. The molecule has 0 rings (SSSR count). The number of allylic oxidation sites excluding steroid dienone is 1. The number of nitrogens with zero attached hydrogens (tertiary/aromatic N) is 2. The summed E-state index contributed by atoms with van der Waals surface area (Å²) in [5, 5.41) is 9.16. The van der Waals surface area contributed by atoms with E-state index in [1.807, 2.05) is 0 Å². The van der Waals surface area contributed by atoms with Gasteiger partial charge in [-0.2, -0.15) is 5.26 Å². The molecule has 4 heteroatoms. The molecule has 0 saturated heterocycles. The highest BCUT2D eigenvalue weighted by Crippen LogP contribution is 1.87. The number of carbonyl (C=O) groups is 1. The molecule has 1 amide bonds. The highest BCUT2D eigenvalue weighted by Gasteiger charge is 2.02. The molecule has 0 heterocycles. The van der Waals surface area contributed by atoms with Gasteiger partial charge < -0.3 is 0 Å². The Morgan fingerprint density at radius 1 is 1.82 bits per heavy atom. The topological polar surface area (TPSA) is 53.3 Å². The zero-order valence-corrected chi connectivity index (χ0v) is 6.57. The van der Waals surface area contributed by atoms with Gasteiger partial charge in [0.05, 0.1) is 12.7 Å². The number of likely N-dealkylation sites (N-methyl/N-ethyl adjacent to an activating group) is 1. The maximum absolute atomic E-state index is 10.9. The molecule has 0 unspecified atom stereocenters. The largest absolute Gasteiger partial charge is 0.271 e. The average molecular weight is 154 g/mol. The molecule has 0 aliphatic heterocycles. The minimum Gasteiger partial charge on any atom is -0.271 e. The summed E-state index contributed by atoms with van der Waals surface area (Å²) in [5.74, 6) is -0.339. The monoisotopic (exact) mass is 154 g/mol. The Hall–Kier alpha value is -1.34. The minimum atomic E-state index is -0.339. The van der Waals surface area contributed by atoms with Gasteiger partial charge in [0, 0.05) is 19.2 Å². The highest BCUT2D eigenvalue weighted by atomic mass is 16.7. The molecule has 0 bridgehead atoms. The van der Waals surface area contributed by atoms with E-state index in [0.717, 1.165) is 17.2 Å². The fourth-order valence-corrected chi connectivity index (χ4v) is 0.471. The molecule has 0 aliphatic carbocycles. The number of hydrogen-bond acceptors (Lipinski definition) is 3. The van der Waals surface area contributed by atoms with Gasteiger partial charge >= 0.3 is 0 Å². The minimum absolute atomic E-state index is 0.339. The molecule has 60 valence electrons. The summed E-state index contributed by atoms with van der Waals surface area (Å²) >= 11 is 0. The van der Waals surface area contributed by atoms with Gasteiger partial charge in [-0.25, -0.2) is 5.06 Å². The van der Waals surface area contributed by atoms with Gasteiger partial charge in [0.25, 0.3) is 5.91 Å². The summed E-state index contributed by atoms with van der Waals surface area (Å²) in [7, 11) is 1.49. The van der Waals surface area contributed by atoms with Gasteiger partial charge in [-0.15, -0.1) is 0 Å². The summed E-state index contributed by atoms with van der Waals surface area (Å²) in [6, 6.07) is 1.71. The van der Waals surface area contributed by atoms with Gasteiger partial charge in [0.15, 0.2) is 0 Å². The lowest BCUT2D eigenvalue weighted by Crippen LogP contribution is -2.24. The van der Waals surface area contributed by atoms with Crippen LogP contribution >= 0.6 is 0 Å². The van der Waals surface area contributed by atoms with Gasteiger partial charge in [-0.3, -0.25) is 9.63 Å². The van der Waals surface area contributed by atoms with Crippen molar-refractivity contribution in [2.75, 3.05) is 13.7 Å². The van der Waals surface area contributed by atoms with Crippen LogP contribution in [0.1, 0.15) is 6.92 Å². The number of rotatable bonds is 3. The summed E-state index contributed by atoms with van der Waals surface area (Å²) < 4.78 is 0. The molecule has 0 radical (unpaired) electrons. The van der Waals surface area contributed by atoms with Crippen molar-refractivity contribution in [2.24, 2.45) is 0 Å². The quantitative estimate of drug-likeness (QED) is 0.337. The normalized spacial score (nSPS) is 9.55. The van der Waals surface area contributed by atoms with Crippen LogP contribution in [-0.2, 0) is 9.63 Å². The predicted octanol–water partition coefficient (Wildman–Crippen LogP) is 0.476. The number of hydroxylamine groups is 2. The van der Waals surface area contributed by atoms with E-state index in [9.17, 15) is 4.79 Å². The SMILES string of the molecule is CCON(C)C(=O)/C=C/C#N. The first-order valence-corrected chi connectivity index (χ1v) is 3.19. The second kappa shape index (κ2) is 5.45. The zero-order valence-electron chi connectivity index (χ0n) is 6.57. The first-order valence-electron chi connectivity index (χ1n) is 3.19. The Morgan fingerprint density at radius 3 is 2.91 bits per heavy atom. The molecule has 0 saturated carbocycles. The van der Waals surface area contributed by atoms with Gasteiger partial charge in [-0.1, -0.05) is 0 Å². The van der Waals surface area contributed by atoms with E-state index >= 15 is 0 Å². The Morgan fingerprint density at radius 2 is 2.45 bits per heavy atom. The van der Waals surface area contributed by atoms with Crippen LogP contribution in [0.15, 0.2) is 12.2 Å². The number of carbonyl (C=O) groups excluding carboxylic acids is 1. The first-order chi connectivity index (χ1) is 5.22. The molecule has 0 aromatic rings. The lowest BCUT2D eigenvalue weighted by Gasteiger charge is -2.12. The smallest absolute Gasteiger partial charge is 0.270 e. The van der Waals surface area contributed by atoms with E-state index in [1.165, 1.54) is 7.05 Å². The second-order valence-corrected chi connectivity index (χ2v) is 1.72. The molecule has 0 aliphatic rings. The molecular formula is C7H10N2O2. The van der Waals surface area contributed by atoms with Crippen molar-refractivity contribution >= 4 is 5.91 Å². The molecular weight excluding hydrogens is 144 g/mol. The Bertz CT molecular complexity index is 193. The highest BCUT2D eigenvalue weighted by molar-refractivity contribution is 5.86.